The number of benzene rings is 1. The van der Waals surface area contributed by atoms with Gasteiger partial charge in [0, 0.05) is 11.7 Å². The lowest BCUT2D eigenvalue weighted by atomic mass is 10.1. The fourth-order valence-corrected chi connectivity index (χ4v) is 2.74. The number of nitrogens with zero attached hydrogens (tertiary/aromatic N) is 4. The van der Waals surface area contributed by atoms with Gasteiger partial charge in [-0.25, -0.2) is 14.1 Å². The lowest BCUT2D eigenvalue weighted by Gasteiger charge is -2.18. The van der Waals surface area contributed by atoms with Gasteiger partial charge in [-0.05, 0) is 57.6 Å². The largest absolute Gasteiger partial charge is 0.382 e. The minimum absolute atomic E-state index is 0.295. The van der Waals surface area contributed by atoms with Crippen molar-refractivity contribution >= 4 is 5.69 Å². The molecule has 21 heavy (non-hydrogen) atoms. The summed E-state index contributed by atoms with van der Waals surface area (Å²) in [5, 5.41) is 7.40. The summed E-state index contributed by atoms with van der Waals surface area (Å²) >= 11 is 0. The zero-order chi connectivity index (χ0) is 14.7. The summed E-state index contributed by atoms with van der Waals surface area (Å²) in [5.74, 6) is -0.295. The van der Waals surface area contributed by atoms with E-state index in [1.165, 1.54) is 29.8 Å². The van der Waals surface area contributed by atoms with Crippen LogP contribution in [0.3, 0.4) is 0 Å². The molecule has 1 atom stereocenters. The molecule has 1 aromatic heterocycles. The average Bonchev–Trinajstić information content (AvgIpc) is 2.91. The van der Waals surface area contributed by atoms with Gasteiger partial charge >= 0.3 is 0 Å². The van der Waals surface area contributed by atoms with Crippen molar-refractivity contribution in [3.8, 4) is 5.69 Å². The Labute approximate surface area is 123 Å². The van der Waals surface area contributed by atoms with Crippen LogP contribution in [-0.2, 0) is 0 Å². The molecule has 1 aromatic carbocycles. The van der Waals surface area contributed by atoms with Gasteiger partial charge in [-0.15, -0.1) is 0 Å². The van der Waals surface area contributed by atoms with Crippen molar-refractivity contribution in [2.75, 3.05) is 25.5 Å². The lowest BCUT2D eigenvalue weighted by molar-refractivity contribution is 0.348. The maximum Gasteiger partial charge on any atom is 0.150 e. The van der Waals surface area contributed by atoms with E-state index in [1.807, 2.05) is 6.07 Å². The van der Waals surface area contributed by atoms with Gasteiger partial charge in [0.2, 0.25) is 0 Å². The van der Waals surface area contributed by atoms with Gasteiger partial charge in [-0.1, -0.05) is 0 Å². The topological polar surface area (TPSA) is 46.0 Å². The summed E-state index contributed by atoms with van der Waals surface area (Å²) in [6.07, 6.45) is 6.27. The second-order valence-electron chi connectivity index (χ2n) is 5.58. The Hall–Kier alpha value is -1.95. The van der Waals surface area contributed by atoms with Crippen LogP contribution in [0, 0.1) is 5.82 Å². The van der Waals surface area contributed by atoms with Crippen molar-refractivity contribution < 1.29 is 4.39 Å². The van der Waals surface area contributed by atoms with Gasteiger partial charge in [-0.3, -0.25) is 0 Å². The van der Waals surface area contributed by atoms with E-state index in [4.69, 9.17) is 0 Å². The van der Waals surface area contributed by atoms with Crippen molar-refractivity contribution in [2.24, 2.45) is 0 Å². The average molecular weight is 289 g/mol. The Bertz CT molecular complexity index is 584. The molecule has 2 heterocycles. The highest BCUT2D eigenvalue weighted by Crippen LogP contribution is 2.20. The molecule has 0 spiro atoms. The molecule has 2 aromatic rings. The number of hydrogen-bond donors (Lipinski definition) is 1. The van der Waals surface area contributed by atoms with Crippen molar-refractivity contribution in [3.05, 3.63) is 36.7 Å². The Kier molecular flexibility index (Phi) is 4.15. The van der Waals surface area contributed by atoms with Gasteiger partial charge < -0.3 is 10.2 Å². The SMILES string of the molecule is CN1CCCC(Nc2ccc(-n3cncn3)c(F)c2)CC1. The standard InChI is InChI=1S/C15H20FN5/c1-20-7-2-3-12(6-8-20)19-13-4-5-15(14(16)9-13)21-11-17-10-18-21/h4-5,9-12,19H,2-3,6-8H2,1H3. The van der Waals surface area contributed by atoms with Crippen LogP contribution in [0.5, 0.6) is 0 Å². The summed E-state index contributed by atoms with van der Waals surface area (Å²) < 4.78 is 15.6. The van der Waals surface area contributed by atoms with Gasteiger partial charge in [0.1, 0.15) is 18.3 Å². The maximum atomic E-state index is 14.2. The second kappa shape index (κ2) is 6.22. The zero-order valence-corrected chi connectivity index (χ0v) is 12.2. The van der Waals surface area contributed by atoms with E-state index in [0.717, 1.165) is 31.6 Å². The summed E-state index contributed by atoms with van der Waals surface area (Å²) in [5.41, 5.74) is 1.24. The van der Waals surface area contributed by atoms with E-state index in [0.29, 0.717) is 11.7 Å². The molecule has 5 nitrogen and oxygen atoms in total. The number of likely N-dealkylation sites (tertiary alicyclic amines) is 1. The third-order valence-corrected chi connectivity index (χ3v) is 3.94. The van der Waals surface area contributed by atoms with Crippen LogP contribution < -0.4 is 5.32 Å². The number of nitrogens with one attached hydrogen (secondary N) is 1. The fourth-order valence-electron chi connectivity index (χ4n) is 2.74. The third-order valence-electron chi connectivity index (χ3n) is 3.94. The highest BCUT2D eigenvalue weighted by molar-refractivity contribution is 5.50. The molecule has 6 heteroatoms. The van der Waals surface area contributed by atoms with Crippen LogP contribution in [0.2, 0.25) is 0 Å². The van der Waals surface area contributed by atoms with Crippen molar-refractivity contribution in [1.82, 2.24) is 19.7 Å². The van der Waals surface area contributed by atoms with Gasteiger partial charge in [0.05, 0.1) is 0 Å². The molecular weight excluding hydrogens is 269 g/mol. The molecule has 0 saturated carbocycles. The molecule has 1 unspecified atom stereocenters. The van der Waals surface area contributed by atoms with Gasteiger partial charge in [0.25, 0.3) is 0 Å². The molecule has 3 rings (SSSR count). The summed E-state index contributed by atoms with van der Waals surface area (Å²) in [6.45, 7) is 2.22. The molecular formula is C15H20FN5. The first-order chi connectivity index (χ1) is 10.2. The monoisotopic (exact) mass is 289 g/mol. The Morgan fingerprint density at radius 1 is 1.29 bits per heavy atom. The Balaban J connectivity index is 1.70. The van der Waals surface area contributed by atoms with E-state index >= 15 is 0 Å². The first-order valence-electron chi connectivity index (χ1n) is 7.32. The van der Waals surface area contributed by atoms with Crippen LogP contribution >= 0.6 is 0 Å². The lowest BCUT2D eigenvalue weighted by Crippen LogP contribution is -2.23. The Morgan fingerprint density at radius 2 is 2.19 bits per heavy atom. The molecule has 0 aliphatic carbocycles. The predicted octanol–water partition coefficient (Wildman–Crippen LogP) is 2.30. The summed E-state index contributed by atoms with van der Waals surface area (Å²) in [6, 6.07) is 5.57. The van der Waals surface area contributed by atoms with E-state index < -0.39 is 0 Å². The fraction of sp³-hybridized carbons (Fsp3) is 0.467. The van der Waals surface area contributed by atoms with Crippen LogP contribution in [0.15, 0.2) is 30.9 Å². The van der Waals surface area contributed by atoms with E-state index in [9.17, 15) is 4.39 Å². The van der Waals surface area contributed by atoms with Gasteiger partial charge in [-0.2, -0.15) is 5.10 Å². The highest BCUT2D eigenvalue weighted by Gasteiger charge is 2.15. The molecule has 1 aliphatic heterocycles. The molecule has 1 N–H and O–H groups in total. The Morgan fingerprint density at radius 3 is 2.95 bits per heavy atom. The summed E-state index contributed by atoms with van der Waals surface area (Å²) in [4.78, 5) is 6.18. The zero-order valence-electron chi connectivity index (χ0n) is 12.2. The number of rotatable bonds is 3. The molecule has 112 valence electrons. The second-order valence-corrected chi connectivity index (χ2v) is 5.58. The minimum Gasteiger partial charge on any atom is -0.382 e. The number of hydrogen-bond acceptors (Lipinski definition) is 4. The molecule has 0 bridgehead atoms. The number of halogens is 1. The minimum atomic E-state index is -0.295. The molecule has 1 aliphatic rings. The maximum absolute atomic E-state index is 14.2. The molecule has 0 radical (unpaired) electrons. The highest BCUT2D eigenvalue weighted by atomic mass is 19.1. The number of anilines is 1. The predicted molar refractivity (Wildman–Crippen MR) is 80.1 cm³/mol. The van der Waals surface area contributed by atoms with Crippen LogP contribution in [0.1, 0.15) is 19.3 Å². The van der Waals surface area contributed by atoms with Crippen LogP contribution in [0.25, 0.3) is 5.69 Å². The third kappa shape index (κ3) is 3.39. The molecule has 0 amide bonds. The number of aromatic nitrogens is 3. The molecule has 1 fully saturated rings. The quantitative estimate of drug-likeness (QED) is 0.942. The van der Waals surface area contributed by atoms with E-state index in [2.05, 4.69) is 27.3 Å². The van der Waals surface area contributed by atoms with E-state index in [1.54, 1.807) is 6.07 Å². The smallest absolute Gasteiger partial charge is 0.150 e. The van der Waals surface area contributed by atoms with Crippen LogP contribution in [-0.4, -0.2) is 45.8 Å². The van der Waals surface area contributed by atoms with Crippen molar-refractivity contribution in [2.45, 2.75) is 25.3 Å². The first-order valence-corrected chi connectivity index (χ1v) is 7.32. The van der Waals surface area contributed by atoms with Crippen LogP contribution in [0.4, 0.5) is 10.1 Å². The van der Waals surface area contributed by atoms with E-state index in [-0.39, 0.29) is 5.82 Å². The van der Waals surface area contributed by atoms with Crippen molar-refractivity contribution in [3.63, 3.8) is 0 Å². The summed E-state index contributed by atoms with van der Waals surface area (Å²) in [7, 11) is 2.15. The van der Waals surface area contributed by atoms with Gasteiger partial charge in [0.15, 0.2) is 5.82 Å². The first kappa shape index (κ1) is 14.0. The van der Waals surface area contributed by atoms with Crippen molar-refractivity contribution in [1.29, 1.82) is 0 Å². The normalized spacial score (nSPS) is 20.2. The molecule has 1 saturated heterocycles.